The van der Waals surface area contributed by atoms with Crippen LogP contribution < -0.4 is 11.1 Å². The molecule has 1 aromatic heterocycles. The number of aliphatic hydroxyl groups excluding tert-OH is 1. The average molecular weight is 399 g/mol. The number of ether oxygens (including phenoxy) is 1. The normalized spacial score (nSPS) is 17.6. The van der Waals surface area contributed by atoms with E-state index in [1.165, 1.54) is 0 Å². The Hall–Kier alpha value is -1.71. The van der Waals surface area contributed by atoms with Crippen molar-refractivity contribution in [3.63, 3.8) is 0 Å². The van der Waals surface area contributed by atoms with E-state index in [9.17, 15) is 5.11 Å². The molecule has 140 valence electrons. The summed E-state index contributed by atoms with van der Waals surface area (Å²) in [4.78, 5) is 6.27. The lowest BCUT2D eigenvalue weighted by atomic mass is 10.1. The fourth-order valence-electron chi connectivity index (χ4n) is 2.92. The van der Waals surface area contributed by atoms with Crippen LogP contribution in [0.15, 0.2) is 18.2 Å². The van der Waals surface area contributed by atoms with Crippen molar-refractivity contribution in [3.05, 3.63) is 28.2 Å². The van der Waals surface area contributed by atoms with Gasteiger partial charge >= 0.3 is 0 Å². The number of methoxy groups -OCH3 is 1. The molecule has 2 atom stereocenters. The van der Waals surface area contributed by atoms with Crippen LogP contribution in [-0.2, 0) is 4.74 Å². The molecule has 1 aliphatic rings. The van der Waals surface area contributed by atoms with Gasteiger partial charge in [0, 0.05) is 25.8 Å². The van der Waals surface area contributed by atoms with Crippen LogP contribution in [0.1, 0.15) is 6.92 Å². The monoisotopic (exact) mass is 398 g/mol. The highest BCUT2D eigenvalue weighted by Gasteiger charge is 2.35. The summed E-state index contributed by atoms with van der Waals surface area (Å²) >= 11 is 12.2. The van der Waals surface area contributed by atoms with Gasteiger partial charge in [-0.15, -0.1) is 10.2 Å². The topological polar surface area (TPSA) is 109 Å². The van der Waals surface area contributed by atoms with Crippen molar-refractivity contribution >= 4 is 35.0 Å². The van der Waals surface area contributed by atoms with Crippen molar-refractivity contribution in [1.29, 1.82) is 0 Å². The van der Waals surface area contributed by atoms with Crippen LogP contribution in [0.3, 0.4) is 0 Å². The summed E-state index contributed by atoms with van der Waals surface area (Å²) in [7, 11) is 1.57. The summed E-state index contributed by atoms with van der Waals surface area (Å²) in [5.41, 5.74) is 6.99. The molecule has 3 rings (SSSR count). The number of hydrogen-bond acceptors (Lipinski definition) is 8. The van der Waals surface area contributed by atoms with Crippen molar-refractivity contribution in [3.8, 4) is 11.3 Å². The van der Waals surface area contributed by atoms with E-state index in [1.54, 1.807) is 32.2 Å². The smallest absolute Gasteiger partial charge is 0.245 e. The minimum absolute atomic E-state index is 0.119. The van der Waals surface area contributed by atoms with E-state index in [0.717, 1.165) is 0 Å². The highest BCUT2D eigenvalue weighted by atomic mass is 35.5. The number of nitrogens with zero attached hydrogens (tertiary/aromatic N) is 4. The van der Waals surface area contributed by atoms with Crippen LogP contribution >= 0.6 is 23.2 Å². The lowest BCUT2D eigenvalue weighted by Gasteiger charge is -2.44. The minimum atomic E-state index is -0.573. The number of hydrogen-bond donors (Lipinski definition) is 3. The Labute approximate surface area is 161 Å². The average Bonchev–Trinajstić information content (AvgIpc) is 2.56. The number of nitrogens with one attached hydrogen (secondary N) is 1. The van der Waals surface area contributed by atoms with Gasteiger partial charge in [0.15, 0.2) is 5.82 Å². The Balaban J connectivity index is 1.67. The second-order valence-corrected chi connectivity index (χ2v) is 6.92. The molecule has 4 N–H and O–H groups in total. The summed E-state index contributed by atoms with van der Waals surface area (Å²) < 4.78 is 5.28. The number of benzene rings is 1. The molecule has 2 heterocycles. The molecule has 10 heteroatoms. The maximum Gasteiger partial charge on any atom is 0.245 e. The summed E-state index contributed by atoms with van der Waals surface area (Å²) in [6.45, 7) is 3.07. The first kappa shape index (κ1) is 19.1. The maximum atomic E-state index is 9.68. The Bertz CT molecular complexity index is 785. The van der Waals surface area contributed by atoms with E-state index < -0.39 is 6.10 Å². The molecular formula is C16H20Cl2N6O2. The van der Waals surface area contributed by atoms with Crippen molar-refractivity contribution < 1.29 is 9.84 Å². The summed E-state index contributed by atoms with van der Waals surface area (Å²) in [5, 5.41) is 21.8. The number of likely N-dealkylation sites (tertiary alicyclic amines) is 1. The highest BCUT2D eigenvalue weighted by Crippen LogP contribution is 2.34. The fraction of sp³-hybridized carbons (Fsp3) is 0.438. The van der Waals surface area contributed by atoms with Crippen LogP contribution in [0.2, 0.25) is 10.0 Å². The van der Waals surface area contributed by atoms with Gasteiger partial charge in [0.2, 0.25) is 5.95 Å². The van der Waals surface area contributed by atoms with Gasteiger partial charge in [-0.05, 0) is 13.0 Å². The number of anilines is 2. The van der Waals surface area contributed by atoms with Gasteiger partial charge in [-0.1, -0.05) is 35.3 Å². The number of aromatic nitrogens is 3. The van der Waals surface area contributed by atoms with Gasteiger partial charge in [0.25, 0.3) is 0 Å². The standard InChI is InChI=1S/C16H20Cl2N6O2/c1-8(25)15(26-2)24-6-9(7-24)20-16-21-14(19)13(22-23-16)10-4-3-5-11(17)12(10)18/h3-5,8-9,15,25H,6-7H2,1-2H3,(H3,19,20,21,23). The SMILES string of the molecule is COC(C(C)O)N1CC(Nc2nnc(-c3cccc(Cl)c3Cl)c(N)n2)C1. The van der Waals surface area contributed by atoms with Crippen LogP contribution in [0.25, 0.3) is 11.3 Å². The van der Waals surface area contributed by atoms with Gasteiger partial charge in [0.1, 0.15) is 11.9 Å². The number of nitrogen functional groups attached to an aromatic ring is 1. The third-order valence-corrected chi connectivity index (χ3v) is 5.00. The van der Waals surface area contributed by atoms with Crippen molar-refractivity contribution in [2.45, 2.75) is 25.3 Å². The van der Waals surface area contributed by atoms with Crippen molar-refractivity contribution in [1.82, 2.24) is 20.1 Å². The van der Waals surface area contributed by atoms with Crippen LogP contribution in [0.4, 0.5) is 11.8 Å². The van der Waals surface area contributed by atoms with Crippen LogP contribution in [0.5, 0.6) is 0 Å². The Kier molecular flexibility index (Phi) is 5.79. The zero-order valence-electron chi connectivity index (χ0n) is 14.4. The number of rotatable bonds is 6. The maximum absolute atomic E-state index is 9.68. The molecule has 1 saturated heterocycles. The van der Waals surface area contributed by atoms with Crippen molar-refractivity contribution in [2.24, 2.45) is 0 Å². The molecule has 1 aliphatic heterocycles. The van der Waals surface area contributed by atoms with E-state index in [-0.39, 0.29) is 18.1 Å². The zero-order chi connectivity index (χ0) is 18.8. The van der Waals surface area contributed by atoms with Gasteiger partial charge in [0.05, 0.1) is 22.2 Å². The Morgan fingerprint density at radius 2 is 2.08 bits per heavy atom. The van der Waals surface area contributed by atoms with Gasteiger partial charge in [-0.3, -0.25) is 4.90 Å². The third kappa shape index (κ3) is 3.84. The molecule has 0 amide bonds. The minimum Gasteiger partial charge on any atom is -0.389 e. The van der Waals surface area contributed by atoms with Gasteiger partial charge < -0.3 is 20.9 Å². The summed E-state index contributed by atoms with van der Waals surface area (Å²) in [6, 6.07) is 5.32. The number of halogens is 2. The Morgan fingerprint density at radius 3 is 2.69 bits per heavy atom. The van der Waals surface area contributed by atoms with E-state index >= 15 is 0 Å². The summed E-state index contributed by atoms with van der Waals surface area (Å²) in [6.07, 6.45) is -0.902. The first-order chi connectivity index (χ1) is 12.4. The predicted octanol–water partition coefficient (Wildman–Crippen LogP) is 1.88. The molecule has 2 unspecified atom stereocenters. The molecule has 0 aliphatic carbocycles. The molecule has 0 bridgehead atoms. The van der Waals surface area contributed by atoms with Crippen LogP contribution in [-0.4, -0.2) is 63.8 Å². The number of aliphatic hydroxyl groups is 1. The first-order valence-corrected chi connectivity index (χ1v) is 8.82. The quantitative estimate of drug-likeness (QED) is 0.676. The molecular weight excluding hydrogens is 379 g/mol. The molecule has 1 fully saturated rings. The van der Waals surface area contributed by atoms with E-state index in [4.69, 9.17) is 33.7 Å². The first-order valence-electron chi connectivity index (χ1n) is 8.06. The molecule has 1 aromatic carbocycles. The van der Waals surface area contributed by atoms with E-state index in [1.807, 2.05) is 4.90 Å². The third-order valence-electron chi connectivity index (χ3n) is 4.18. The molecule has 2 aromatic rings. The number of nitrogens with two attached hydrogens (primary N) is 1. The predicted molar refractivity (Wildman–Crippen MR) is 101 cm³/mol. The lowest BCUT2D eigenvalue weighted by molar-refractivity contribution is -0.125. The van der Waals surface area contributed by atoms with Crippen LogP contribution in [0, 0.1) is 0 Å². The fourth-order valence-corrected chi connectivity index (χ4v) is 3.31. The van der Waals surface area contributed by atoms with Gasteiger partial charge in [-0.2, -0.15) is 4.98 Å². The molecule has 0 spiro atoms. The molecule has 26 heavy (non-hydrogen) atoms. The molecule has 0 radical (unpaired) electrons. The second-order valence-electron chi connectivity index (χ2n) is 6.13. The zero-order valence-corrected chi connectivity index (χ0v) is 15.9. The van der Waals surface area contributed by atoms with Gasteiger partial charge in [-0.25, -0.2) is 0 Å². The van der Waals surface area contributed by atoms with E-state index in [0.29, 0.717) is 40.3 Å². The highest BCUT2D eigenvalue weighted by molar-refractivity contribution is 6.43. The summed E-state index contributed by atoms with van der Waals surface area (Å²) in [5.74, 6) is 0.543. The lowest BCUT2D eigenvalue weighted by Crippen LogP contribution is -2.61. The molecule has 8 nitrogen and oxygen atoms in total. The Morgan fingerprint density at radius 1 is 1.35 bits per heavy atom. The largest absolute Gasteiger partial charge is 0.389 e. The second kappa shape index (κ2) is 7.89. The van der Waals surface area contributed by atoms with E-state index in [2.05, 4.69) is 20.5 Å². The molecule has 0 saturated carbocycles. The van der Waals surface area contributed by atoms with Crippen molar-refractivity contribution in [2.75, 3.05) is 31.2 Å².